The van der Waals surface area contributed by atoms with Gasteiger partial charge in [0.15, 0.2) is 5.69 Å². The molecule has 0 saturated heterocycles. The maximum atomic E-state index is 12.0. The Labute approximate surface area is 145 Å². The van der Waals surface area contributed by atoms with E-state index in [0.717, 1.165) is 5.56 Å². The number of rotatable bonds is 3. The fraction of sp³-hybridized carbons (Fsp3) is 0.0769. The van der Waals surface area contributed by atoms with Crippen molar-refractivity contribution in [2.75, 3.05) is 0 Å². The first-order valence-electron chi connectivity index (χ1n) is 5.51. The number of ether oxygens (including phenoxy) is 1. The van der Waals surface area contributed by atoms with Crippen LogP contribution in [0.2, 0.25) is 25.2 Å². The summed E-state index contributed by atoms with van der Waals surface area (Å²) in [5, 5.41) is 0.239. The van der Waals surface area contributed by atoms with Gasteiger partial charge in [0.25, 0.3) is 0 Å². The van der Waals surface area contributed by atoms with Gasteiger partial charge < -0.3 is 4.74 Å². The number of hydrogen-bond donors (Lipinski definition) is 0. The van der Waals surface area contributed by atoms with E-state index < -0.39 is 5.97 Å². The second kappa shape index (κ2) is 7.03. The van der Waals surface area contributed by atoms with Crippen molar-refractivity contribution in [3.05, 3.63) is 60.8 Å². The van der Waals surface area contributed by atoms with Crippen LogP contribution in [0.4, 0.5) is 0 Å². The van der Waals surface area contributed by atoms with Gasteiger partial charge in [0, 0.05) is 5.02 Å². The average molecular weight is 385 g/mol. The molecule has 0 amide bonds. The van der Waals surface area contributed by atoms with Gasteiger partial charge in [-0.15, -0.1) is 0 Å². The lowest BCUT2D eigenvalue weighted by atomic mass is 10.2. The molecular formula is C13H6Cl5NO2. The first-order chi connectivity index (χ1) is 9.90. The maximum Gasteiger partial charge on any atom is 0.358 e. The van der Waals surface area contributed by atoms with Crippen LogP contribution >= 0.6 is 58.0 Å². The molecule has 0 aliphatic rings. The third-order valence-corrected chi connectivity index (χ3v) is 4.35. The third-order valence-electron chi connectivity index (χ3n) is 2.44. The summed E-state index contributed by atoms with van der Waals surface area (Å²) in [5.41, 5.74) is 0.524. The van der Waals surface area contributed by atoms with Gasteiger partial charge in [0.1, 0.15) is 11.8 Å². The Hall–Kier alpha value is -0.710. The first-order valence-corrected chi connectivity index (χ1v) is 7.40. The molecule has 0 unspecified atom stereocenters. The van der Waals surface area contributed by atoms with Crippen LogP contribution in [0.25, 0.3) is 0 Å². The number of benzene rings is 1. The van der Waals surface area contributed by atoms with Gasteiger partial charge in [-0.3, -0.25) is 0 Å². The molecule has 0 aliphatic heterocycles. The summed E-state index contributed by atoms with van der Waals surface area (Å²) in [7, 11) is 0. The molecule has 8 heteroatoms. The molecule has 1 aromatic heterocycles. The summed E-state index contributed by atoms with van der Waals surface area (Å²) in [6, 6.07) is 6.89. The molecule has 0 bridgehead atoms. The van der Waals surface area contributed by atoms with Gasteiger partial charge in [0.05, 0.1) is 15.1 Å². The molecule has 0 N–H and O–H groups in total. The summed E-state index contributed by atoms with van der Waals surface area (Å²) < 4.78 is 5.09. The largest absolute Gasteiger partial charge is 0.456 e. The quantitative estimate of drug-likeness (QED) is 0.502. The Kier molecular flexibility index (Phi) is 5.58. The highest BCUT2D eigenvalue weighted by molar-refractivity contribution is 6.52. The number of carbonyl (C=O) groups excluding carboxylic acids is 1. The second-order valence-corrected chi connectivity index (χ2v) is 5.83. The fourth-order valence-electron chi connectivity index (χ4n) is 1.47. The van der Waals surface area contributed by atoms with Crippen LogP contribution in [0.1, 0.15) is 16.1 Å². The van der Waals surface area contributed by atoms with Crippen molar-refractivity contribution in [3.8, 4) is 0 Å². The smallest absolute Gasteiger partial charge is 0.358 e. The Morgan fingerprint density at radius 1 is 1.05 bits per heavy atom. The van der Waals surface area contributed by atoms with Gasteiger partial charge in [-0.05, 0) is 17.7 Å². The molecule has 0 aliphatic carbocycles. The van der Waals surface area contributed by atoms with Gasteiger partial charge in [-0.25, -0.2) is 9.78 Å². The van der Waals surface area contributed by atoms with E-state index in [4.69, 9.17) is 62.7 Å². The van der Waals surface area contributed by atoms with Gasteiger partial charge in [-0.2, -0.15) is 0 Å². The van der Waals surface area contributed by atoms with E-state index in [1.807, 2.05) is 0 Å². The molecule has 0 atom stereocenters. The topological polar surface area (TPSA) is 39.2 Å². The third kappa shape index (κ3) is 3.93. The molecule has 0 saturated carbocycles. The Bertz CT molecular complexity index is 705. The highest BCUT2D eigenvalue weighted by Crippen LogP contribution is 2.36. The molecule has 3 nitrogen and oxygen atoms in total. The van der Waals surface area contributed by atoms with Crippen molar-refractivity contribution >= 4 is 64.0 Å². The number of halogens is 5. The summed E-state index contributed by atoms with van der Waals surface area (Å²) in [6.07, 6.45) is 0. The zero-order valence-electron chi connectivity index (χ0n) is 10.2. The number of carbonyl (C=O) groups is 1. The monoisotopic (exact) mass is 383 g/mol. The number of nitrogens with zero attached hydrogens (tertiary/aromatic N) is 1. The zero-order chi connectivity index (χ0) is 15.6. The van der Waals surface area contributed by atoms with E-state index in [1.165, 1.54) is 0 Å². The fourth-order valence-corrected chi connectivity index (χ4v) is 2.48. The standard InChI is InChI=1S/C13H6Cl5NO2/c14-7-3-1-2-6(4-7)5-21-13(20)11-9(16)8(15)10(17)12(18)19-11/h1-4H,5H2. The van der Waals surface area contributed by atoms with Crippen molar-refractivity contribution in [2.45, 2.75) is 6.61 Å². The van der Waals surface area contributed by atoms with Crippen molar-refractivity contribution < 1.29 is 9.53 Å². The van der Waals surface area contributed by atoms with Crippen LogP contribution in [0, 0.1) is 0 Å². The summed E-state index contributed by atoms with van der Waals surface area (Å²) in [4.78, 5) is 15.8. The minimum atomic E-state index is -0.763. The lowest BCUT2D eigenvalue weighted by Crippen LogP contribution is -2.09. The van der Waals surface area contributed by atoms with E-state index in [2.05, 4.69) is 4.98 Å². The Balaban J connectivity index is 2.18. The Morgan fingerprint density at radius 3 is 2.43 bits per heavy atom. The molecule has 110 valence electrons. The van der Waals surface area contributed by atoms with Gasteiger partial charge >= 0.3 is 5.97 Å². The summed E-state index contributed by atoms with van der Waals surface area (Å²) in [5.74, 6) is -0.763. The second-order valence-electron chi connectivity index (χ2n) is 3.90. The van der Waals surface area contributed by atoms with Gasteiger partial charge in [-0.1, -0.05) is 70.1 Å². The molecule has 1 heterocycles. The van der Waals surface area contributed by atoms with Crippen LogP contribution in [-0.4, -0.2) is 11.0 Å². The van der Waals surface area contributed by atoms with E-state index in [9.17, 15) is 4.79 Å². The minimum Gasteiger partial charge on any atom is -0.456 e. The van der Waals surface area contributed by atoms with Crippen LogP contribution in [0.15, 0.2) is 24.3 Å². The lowest BCUT2D eigenvalue weighted by Gasteiger charge is -2.08. The maximum absolute atomic E-state index is 12.0. The molecule has 1 aromatic carbocycles. The highest BCUT2D eigenvalue weighted by Gasteiger charge is 2.21. The van der Waals surface area contributed by atoms with Crippen LogP contribution in [0.3, 0.4) is 0 Å². The van der Waals surface area contributed by atoms with Crippen molar-refractivity contribution in [2.24, 2.45) is 0 Å². The van der Waals surface area contributed by atoms with Crippen LogP contribution in [-0.2, 0) is 11.3 Å². The predicted molar refractivity (Wildman–Crippen MR) is 84.8 cm³/mol. The number of pyridine rings is 1. The lowest BCUT2D eigenvalue weighted by molar-refractivity contribution is 0.0466. The number of aromatic nitrogens is 1. The normalized spacial score (nSPS) is 10.5. The predicted octanol–water partition coefficient (Wildman–Crippen LogP) is 5.71. The molecular weight excluding hydrogens is 379 g/mol. The SMILES string of the molecule is O=C(OCc1cccc(Cl)c1)c1nc(Cl)c(Cl)c(Cl)c1Cl. The minimum absolute atomic E-state index is 0.00919. The number of esters is 1. The summed E-state index contributed by atoms with van der Waals surface area (Å²) in [6.45, 7) is 0.00919. The van der Waals surface area contributed by atoms with Gasteiger partial charge in [0.2, 0.25) is 0 Å². The van der Waals surface area contributed by atoms with Crippen LogP contribution < -0.4 is 0 Å². The van der Waals surface area contributed by atoms with Crippen molar-refractivity contribution in [1.82, 2.24) is 4.98 Å². The van der Waals surface area contributed by atoms with E-state index in [0.29, 0.717) is 5.02 Å². The molecule has 2 rings (SSSR count). The van der Waals surface area contributed by atoms with E-state index in [1.54, 1.807) is 24.3 Å². The van der Waals surface area contributed by atoms with Crippen molar-refractivity contribution in [1.29, 1.82) is 0 Å². The molecule has 2 aromatic rings. The zero-order valence-corrected chi connectivity index (χ0v) is 13.9. The van der Waals surface area contributed by atoms with E-state index in [-0.39, 0.29) is 32.5 Å². The summed E-state index contributed by atoms with van der Waals surface area (Å²) >= 11 is 29.1. The average Bonchev–Trinajstić information content (AvgIpc) is 2.46. The van der Waals surface area contributed by atoms with Crippen LogP contribution in [0.5, 0.6) is 0 Å². The molecule has 0 radical (unpaired) electrons. The van der Waals surface area contributed by atoms with E-state index >= 15 is 0 Å². The van der Waals surface area contributed by atoms with Crippen molar-refractivity contribution in [3.63, 3.8) is 0 Å². The molecule has 0 fully saturated rings. The highest BCUT2D eigenvalue weighted by atomic mass is 35.5. The Morgan fingerprint density at radius 2 is 1.76 bits per heavy atom. The first kappa shape index (κ1) is 16.7. The molecule has 21 heavy (non-hydrogen) atoms. The number of hydrogen-bond acceptors (Lipinski definition) is 3. The molecule has 0 spiro atoms.